The lowest BCUT2D eigenvalue weighted by molar-refractivity contribution is 0.275. The van der Waals surface area contributed by atoms with E-state index in [1.807, 2.05) is 0 Å². The van der Waals surface area contributed by atoms with Crippen LogP contribution in [0, 0.1) is 0 Å². The molecular formula is C32H70NO4P. The van der Waals surface area contributed by atoms with Crippen molar-refractivity contribution in [1.29, 1.82) is 0 Å². The van der Waals surface area contributed by atoms with E-state index >= 15 is 0 Å². The zero-order chi connectivity index (χ0) is 28.4. The summed E-state index contributed by atoms with van der Waals surface area (Å²) in [4.78, 5) is 21.6. The maximum atomic E-state index is 8.88. The first-order valence-corrected chi connectivity index (χ1v) is 18.5. The van der Waals surface area contributed by atoms with Crippen LogP contribution in [0.5, 0.6) is 0 Å². The van der Waals surface area contributed by atoms with Gasteiger partial charge in [-0.15, -0.1) is 0 Å². The average Bonchev–Trinajstić information content (AvgIpc) is 2.87. The molecule has 0 aromatic carbocycles. The van der Waals surface area contributed by atoms with Gasteiger partial charge in [0, 0.05) is 0 Å². The SMILES string of the molecule is CCCCCCCCCCCCCCCCNCCCCCCCCCCCCCCCC.O=P(O)(O)O. The maximum Gasteiger partial charge on any atom is 0.466 e. The Bertz CT molecular complexity index is 420. The maximum absolute atomic E-state index is 8.88. The molecule has 6 heteroatoms. The largest absolute Gasteiger partial charge is 0.466 e. The van der Waals surface area contributed by atoms with Crippen molar-refractivity contribution >= 4 is 7.82 Å². The van der Waals surface area contributed by atoms with Crippen molar-refractivity contribution in [3.8, 4) is 0 Å². The first-order chi connectivity index (χ1) is 18.4. The molecule has 0 aliphatic carbocycles. The Labute approximate surface area is 239 Å². The van der Waals surface area contributed by atoms with Gasteiger partial charge in [0.05, 0.1) is 0 Å². The summed E-state index contributed by atoms with van der Waals surface area (Å²) in [7, 11) is -4.64. The molecule has 0 saturated carbocycles. The molecule has 232 valence electrons. The van der Waals surface area contributed by atoms with Gasteiger partial charge in [-0.05, 0) is 25.9 Å². The van der Waals surface area contributed by atoms with Crippen LogP contribution in [0.3, 0.4) is 0 Å². The van der Waals surface area contributed by atoms with Crippen molar-refractivity contribution in [2.75, 3.05) is 13.1 Å². The lowest BCUT2D eigenvalue weighted by Gasteiger charge is -2.06. The highest BCUT2D eigenvalue weighted by molar-refractivity contribution is 7.45. The van der Waals surface area contributed by atoms with Gasteiger partial charge in [-0.3, -0.25) is 0 Å². The monoisotopic (exact) mass is 564 g/mol. The van der Waals surface area contributed by atoms with E-state index in [4.69, 9.17) is 19.2 Å². The first-order valence-electron chi connectivity index (χ1n) is 16.9. The Morgan fingerprint density at radius 3 is 0.711 bits per heavy atom. The third-order valence-corrected chi connectivity index (χ3v) is 7.41. The topological polar surface area (TPSA) is 89.8 Å². The Hall–Kier alpha value is 0.0700. The van der Waals surface area contributed by atoms with Crippen LogP contribution < -0.4 is 5.32 Å². The van der Waals surface area contributed by atoms with Crippen LogP contribution in [0.25, 0.3) is 0 Å². The zero-order valence-corrected chi connectivity index (χ0v) is 26.8. The molecule has 0 bridgehead atoms. The van der Waals surface area contributed by atoms with E-state index in [0.717, 1.165) is 0 Å². The molecule has 0 atom stereocenters. The highest BCUT2D eigenvalue weighted by atomic mass is 31.2. The van der Waals surface area contributed by atoms with E-state index in [-0.39, 0.29) is 0 Å². The van der Waals surface area contributed by atoms with Crippen LogP contribution in [-0.2, 0) is 4.57 Å². The summed E-state index contributed by atoms with van der Waals surface area (Å²) in [6.07, 6.45) is 40.7. The molecule has 0 spiro atoms. The van der Waals surface area contributed by atoms with Crippen molar-refractivity contribution in [1.82, 2.24) is 5.32 Å². The van der Waals surface area contributed by atoms with Crippen LogP contribution in [0.1, 0.15) is 194 Å². The molecule has 0 fully saturated rings. The predicted molar refractivity (Wildman–Crippen MR) is 168 cm³/mol. The van der Waals surface area contributed by atoms with Gasteiger partial charge in [0.15, 0.2) is 0 Å². The minimum atomic E-state index is -4.64. The van der Waals surface area contributed by atoms with E-state index in [0.29, 0.717) is 0 Å². The molecule has 0 aromatic heterocycles. The van der Waals surface area contributed by atoms with Crippen molar-refractivity contribution in [2.45, 2.75) is 194 Å². The fourth-order valence-electron chi connectivity index (χ4n) is 5.01. The van der Waals surface area contributed by atoms with Gasteiger partial charge in [0.2, 0.25) is 0 Å². The molecule has 0 radical (unpaired) electrons. The van der Waals surface area contributed by atoms with Gasteiger partial charge in [-0.2, -0.15) is 0 Å². The van der Waals surface area contributed by atoms with Crippen molar-refractivity contribution in [2.24, 2.45) is 0 Å². The number of phosphoric acid groups is 1. The summed E-state index contributed by atoms with van der Waals surface area (Å²) < 4.78 is 8.88. The summed E-state index contributed by atoms with van der Waals surface area (Å²) in [6.45, 7) is 7.10. The smallest absolute Gasteiger partial charge is 0.317 e. The summed E-state index contributed by atoms with van der Waals surface area (Å²) in [5.41, 5.74) is 0. The minimum Gasteiger partial charge on any atom is -0.317 e. The second-order valence-electron chi connectivity index (χ2n) is 11.5. The molecule has 0 heterocycles. The van der Waals surface area contributed by atoms with Gasteiger partial charge in [-0.1, -0.05) is 181 Å². The lowest BCUT2D eigenvalue weighted by atomic mass is 10.0. The zero-order valence-electron chi connectivity index (χ0n) is 25.9. The van der Waals surface area contributed by atoms with Crippen LogP contribution >= 0.6 is 7.82 Å². The van der Waals surface area contributed by atoms with Gasteiger partial charge in [0.1, 0.15) is 0 Å². The third-order valence-electron chi connectivity index (χ3n) is 7.41. The number of unbranched alkanes of at least 4 members (excludes halogenated alkanes) is 26. The molecule has 5 nitrogen and oxygen atoms in total. The van der Waals surface area contributed by atoms with Crippen LogP contribution in [0.2, 0.25) is 0 Å². The summed E-state index contributed by atoms with van der Waals surface area (Å²) >= 11 is 0. The van der Waals surface area contributed by atoms with Gasteiger partial charge < -0.3 is 20.0 Å². The predicted octanol–water partition coefficient (Wildman–Crippen LogP) is 10.6. The van der Waals surface area contributed by atoms with Gasteiger partial charge in [0.25, 0.3) is 0 Å². The Kier molecular flexibility index (Phi) is 37.1. The van der Waals surface area contributed by atoms with E-state index < -0.39 is 7.82 Å². The second kappa shape index (κ2) is 35.1. The molecule has 4 N–H and O–H groups in total. The highest BCUT2D eigenvalue weighted by Gasteiger charge is 2.00. The van der Waals surface area contributed by atoms with Crippen molar-refractivity contribution < 1.29 is 19.2 Å². The molecular weight excluding hydrogens is 493 g/mol. The fourth-order valence-corrected chi connectivity index (χ4v) is 5.01. The van der Waals surface area contributed by atoms with Crippen LogP contribution in [-0.4, -0.2) is 27.8 Å². The number of rotatable bonds is 30. The van der Waals surface area contributed by atoms with Gasteiger partial charge in [-0.25, -0.2) is 4.57 Å². The molecule has 0 amide bonds. The third kappa shape index (κ3) is 49.1. The summed E-state index contributed by atoms with van der Waals surface area (Å²) in [5, 5.41) is 3.67. The highest BCUT2D eigenvalue weighted by Crippen LogP contribution is 2.25. The summed E-state index contributed by atoms with van der Waals surface area (Å²) in [5.74, 6) is 0. The Morgan fingerprint density at radius 1 is 0.368 bits per heavy atom. The fraction of sp³-hybridized carbons (Fsp3) is 1.00. The minimum absolute atomic E-state index is 1.25. The molecule has 0 rings (SSSR count). The number of hydrogen-bond donors (Lipinski definition) is 4. The Morgan fingerprint density at radius 2 is 0.526 bits per heavy atom. The average molecular weight is 564 g/mol. The van der Waals surface area contributed by atoms with Gasteiger partial charge >= 0.3 is 7.82 Å². The molecule has 0 saturated heterocycles. The molecule has 0 aliphatic heterocycles. The molecule has 0 aliphatic rings. The molecule has 0 unspecified atom stereocenters. The van der Waals surface area contributed by atoms with E-state index in [9.17, 15) is 0 Å². The second-order valence-corrected chi connectivity index (χ2v) is 12.5. The molecule has 38 heavy (non-hydrogen) atoms. The first kappa shape index (κ1) is 40.2. The van der Waals surface area contributed by atoms with E-state index in [1.54, 1.807) is 0 Å². The van der Waals surface area contributed by atoms with E-state index in [1.165, 1.54) is 193 Å². The molecule has 0 aromatic rings. The van der Waals surface area contributed by atoms with Crippen molar-refractivity contribution in [3.63, 3.8) is 0 Å². The standard InChI is InChI=1S/C32H67N.H3O4P/c1-3-5-7-9-11-13-15-17-19-21-23-25-27-29-31-33-32-30-28-26-24-22-20-18-16-14-12-10-8-6-4-2;1-5(2,3)4/h33H,3-32H2,1-2H3;(H3,1,2,3,4). The number of hydrogen-bond acceptors (Lipinski definition) is 2. The van der Waals surface area contributed by atoms with Crippen LogP contribution in [0.4, 0.5) is 0 Å². The van der Waals surface area contributed by atoms with E-state index in [2.05, 4.69) is 19.2 Å². The van der Waals surface area contributed by atoms with Crippen LogP contribution in [0.15, 0.2) is 0 Å². The van der Waals surface area contributed by atoms with Crippen molar-refractivity contribution in [3.05, 3.63) is 0 Å². The lowest BCUT2D eigenvalue weighted by Crippen LogP contribution is -2.16. The Balaban J connectivity index is 0. The quantitative estimate of drug-likeness (QED) is 0.0515. The number of nitrogens with one attached hydrogen (secondary N) is 1. The normalized spacial score (nSPS) is 11.5. The summed E-state index contributed by atoms with van der Waals surface area (Å²) in [6, 6.07) is 0.